The average Bonchev–Trinajstić information content (AvgIpc) is 3.37. The van der Waals surface area contributed by atoms with Gasteiger partial charge in [0.15, 0.2) is 0 Å². The van der Waals surface area contributed by atoms with Crippen LogP contribution in [0.4, 0.5) is 13.2 Å². The van der Waals surface area contributed by atoms with E-state index < -0.39 is 6.36 Å². The van der Waals surface area contributed by atoms with Crippen LogP contribution in [0.25, 0.3) is 17.8 Å². The summed E-state index contributed by atoms with van der Waals surface area (Å²) in [5.41, 5.74) is 7.27. The lowest BCUT2D eigenvalue weighted by Gasteiger charge is -2.22. The molecule has 1 aromatic heterocycles. The lowest BCUT2D eigenvalue weighted by molar-refractivity contribution is -0.274. The minimum Gasteiger partial charge on any atom is -0.406 e. The fourth-order valence-corrected chi connectivity index (χ4v) is 4.95. The highest BCUT2D eigenvalue weighted by molar-refractivity contribution is 7.80. The second-order valence-corrected chi connectivity index (χ2v) is 9.49. The van der Waals surface area contributed by atoms with Gasteiger partial charge in [0, 0.05) is 23.6 Å². The van der Waals surface area contributed by atoms with Gasteiger partial charge in [-0.15, -0.1) is 18.3 Å². The van der Waals surface area contributed by atoms with Crippen molar-refractivity contribution >= 4 is 35.2 Å². The zero-order chi connectivity index (χ0) is 27.7. The fraction of sp³-hybridized carbons (Fsp3) is 0.100. The summed E-state index contributed by atoms with van der Waals surface area (Å²) in [5.74, 6) is -0.336. The Balaban J connectivity index is 1.16. The molecule has 0 saturated heterocycles. The maximum atomic E-state index is 12.5. The highest BCUT2D eigenvalue weighted by Crippen LogP contribution is 2.38. The number of nitrogens with zero attached hydrogens (tertiary/aromatic N) is 5. The molecule has 0 saturated carbocycles. The van der Waals surface area contributed by atoms with Crippen molar-refractivity contribution in [3.05, 3.63) is 125 Å². The van der Waals surface area contributed by atoms with Gasteiger partial charge in [-0.2, -0.15) is 5.11 Å². The topological polar surface area (TPSA) is 64.1 Å². The Morgan fingerprint density at radius 2 is 1.88 bits per heavy atom. The van der Waals surface area contributed by atoms with E-state index in [1.165, 1.54) is 12.1 Å². The van der Waals surface area contributed by atoms with Crippen LogP contribution in [-0.2, 0) is 0 Å². The second kappa shape index (κ2) is 10.5. The summed E-state index contributed by atoms with van der Waals surface area (Å²) in [6.07, 6.45) is 13.3. The number of fused-ring (bicyclic) bond motifs is 4. The normalized spacial score (nSPS) is 19.5. The second-order valence-electron chi connectivity index (χ2n) is 9.12. The molecule has 2 aromatic carbocycles. The fourth-order valence-electron chi connectivity index (χ4n) is 4.80. The van der Waals surface area contributed by atoms with E-state index in [9.17, 15) is 13.2 Å². The first-order valence-corrected chi connectivity index (χ1v) is 12.7. The van der Waals surface area contributed by atoms with E-state index in [0.717, 1.165) is 39.4 Å². The molecule has 6 rings (SSSR count). The smallest absolute Gasteiger partial charge is 0.406 e. The van der Waals surface area contributed by atoms with Crippen LogP contribution in [0.1, 0.15) is 34.9 Å². The van der Waals surface area contributed by atoms with Crippen molar-refractivity contribution in [3.63, 3.8) is 0 Å². The first kappa shape index (κ1) is 25.6. The van der Waals surface area contributed by atoms with Crippen LogP contribution < -0.4 is 4.74 Å². The number of imidazole rings is 1. The molecular formula is C30H20F3N5OS. The SMILES string of the molecule is FC(F)(F)Oc1ccc(-n2cnc3c2C=CC2=C/C(=C/N=NC(=S)N=C4CC=Cc5ccccc54)C=CC23)cc1. The summed E-state index contributed by atoms with van der Waals surface area (Å²) in [7, 11) is 0. The Labute approximate surface area is 233 Å². The summed E-state index contributed by atoms with van der Waals surface area (Å²) in [6.45, 7) is 0. The van der Waals surface area contributed by atoms with Gasteiger partial charge in [0.05, 0.1) is 23.3 Å². The third-order valence-electron chi connectivity index (χ3n) is 6.55. The van der Waals surface area contributed by atoms with E-state index >= 15 is 0 Å². The predicted octanol–water partition coefficient (Wildman–Crippen LogP) is 7.90. The Morgan fingerprint density at radius 1 is 1.05 bits per heavy atom. The van der Waals surface area contributed by atoms with Gasteiger partial charge in [0.2, 0.25) is 5.11 Å². The van der Waals surface area contributed by atoms with Crippen molar-refractivity contribution in [2.75, 3.05) is 0 Å². The quantitative estimate of drug-likeness (QED) is 0.244. The van der Waals surface area contributed by atoms with Crippen molar-refractivity contribution in [2.24, 2.45) is 15.2 Å². The summed E-state index contributed by atoms with van der Waals surface area (Å²) in [6, 6.07) is 13.7. The van der Waals surface area contributed by atoms with Crippen LogP contribution in [0, 0.1) is 0 Å². The first-order valence-electron chi connectivity index (χ1n) is 12.3. The van der Waals surface area contributed by atoms with Crippen molar-refractivity contribution < 1.29 is 17.9 Å². The number of benzene rings is 2. The number of rotatable bonds is 3. The van der Waals surface area contributed by atoms with Crippen molar-refractivity contribution in [1.29, 1.82) is 0 Å². The van der Waals surface area contributed by atoms with Gasteiger partial charge in [-0.05, 0) is 65.3 Å². The number of halogens is 3. The van der Waals surface area contributed by atoms with Crippen LogP contribution in [0.15, 0.2) is 118 Å². The minimum atomic E-state index is -4.73. The summed E-state index contributed by atoms with van der Waals surface area (Å²) in [4.78, 5) is 9.08. The van der Waals surface area contributed by atoms with E-state index in [2.05, 4.69) is 31.0 Å². The van der Waals surface area contributed by atoms with E-state index in [1.807, 2.05) is 65.3 Å². The minimum absolute atomic E-state index is 0.0601. The number of hydrogen-bond donors (Lipinski definition) is 0. The van der Waals surface area contributed by atoms with Crippen LogP contribution >= 0.6 is 12.2 Å². The summed E-state index contributed by atoms with van der Waals surface area (Å²) < 4.78 is 43.2. The molecule has 0 fully saturated rings. The number of alkyl halides is 3. The van der Waals surface area contributed by atoms with Gasteiger partial charge in [0.25, 0.3) is 0 Å². The molecule has 3 aliphatic rings. The molecule has 1 heterocycles. The lowest BCUT2D eigenvalue weighted by atomic mass is 9.84. The highest BCUT2D eigenvalue weighted by atomic mass is 32.1. The molecule has 198 valence electrons. The molecule has 3 aliphatic carbocycles. The number of thiocarbonyl (C=S) groups is 1. The zero-order valence-corrected chi connectivity index (χ0v) is 21.6. The molecule has 6 nitrogen and oxygen atoms in total. The molecular weight excluding hydrogens is 535 g/mol. The number of hydrogen-bond acceptors (Lipinski definition) is 4. The number of aliphatic imine (C=N–C) groups is 1. The molecule has 0 amide bonds. The molecule has 10 heteroatoms. The van der Waals surface area contributed by atoms with Gasteiger partial charge in [-0.1, -0.05) is 54.6 Å². The maximum absolute atomic E-state index is 12.5. The van der Waals surface area contributed by atoms with Gasteiger partial charge >= 0.3 is 6.36 Å². The third-order valence-corrected chi connectivity index (χ3v) is 6.72. The first-order chi connectivity index (χ1) is 19.3. The molecule has 1 atom stereocenters. The van der Waals surface area contributed by atoms with Crippen molar-refractivity contribution in [1.82, 2.24) is 9.55 Å². The van der Waals surface area contributed by atoms with Crippen LogP contribution in [0.2, 0.25) is 0 Å². The van der Waals surface area contributed by atoms with E-state index in [0.29, 0.717) is 12.1 Å². The van der Waals surface area contributed by atoms with Gasteiger partial charge in [-0.25, -0.2) is 9.98 Å². The standard InChI is InChI=1S/C30H20F3N5OS/c31-30(32,33)39-23-12-10-22(11-13-23)38-18-34-28-25-14-8-19(16-21(25)9-15-27(28)38)17-35-37-29(40)36-26-7-3-5-20-4-1-2-6-24(20)26/h1-6,8-18,25H,7H2/b19-17+,36-26?,37-35?. The Hall–Kier alpha value is -4.70. The lowest BCUT2D eigenvalue weighted by Crippen LogP contribution is -2.17. The number of aromatic nitrogens is 2. The molecule has 0 aliphatic heterocycles. The molecule has 3 aromatic rings. The average molecular weight is 556 g/mol. The number of allylic oxidation sites excluding steroid dienone is 7. The Morgan fingerprint density at radius 3 is 2.70 bits per heavy atom. The predicted molar refractivity (Wildman–Crippen MR) is 151 cm³/mol. The Bertz CT molecular complexity index is 1710. The molecule has 0 N–H and O–H groups in total. The molecule has 0 radical (unpaired) electrons. The van der Waals surface area contributed by atoms with E-state index in [1.54, 1.807) is 24.7 Å². The van der Waals surface area contributed by atoms with Crippen molar-refractivity contribution in [2.45, 2.75) is 18.7 Å². The zero-order valence-electron chi connectivity index (χ0n) is 20.8. The largest absolute Gasteiger partial charge is 0.573 e. The number of ether oxygens (including phenoxy) is 1. The van der Waals surface area contributed by atoms with Gasteiger partial charge in [0.1, 0.15) is 12.1 Å². The monoisotopic (exact) mass is 555 g/mol. The van der Waals surface area contributed by atoms with Crippen molar-refractivity contribution in [3.8, 4) is 11.4 Å². The van der Waals surface area contributed by atoms with E-state index in [-0.39, 0.29) is 16.8 Å². The molecule has 1 unspecified atom stereocenters. The third kappa shape index (κ3) is 5.39. The maximum Gasteiger partial charge on any atom is 0.573 e. The highest BCUT2D eigenvalue weighted by Gasteiger charge is 2.31. The van der Waals surface area contributed by atoms with Crippen LogP contribution in [0.3, 0.4) is 0 Å². The van der Waals surface area contributed by atoms with Gasteiger partial charge < -0.3 is 4.74 Å². The van der Waals surface area contributed by atoms with E-state index in [4.69, 9.17) is 12.2 Å². The summed E-state index contributed by atoms with van der Waals surface area (Å²) >= 11 is 5.33. The number of azo groups is 1. The molecule has 0 spiro atoms. The molecule has 40 heavy (non-hydrogen) atoms. The molecule has 0 bridgehead atoms. The van der Waals surface area contributed by atoms with Crippen LogP contribution in [0.5, 0.6) is 5.75 Å². The summed E-state index contributed by atoms with van der Waals surface area (Å²) in [5, 5.41) is 8.40. The van der Waals surface area contributed by atoms with Gasteiger partial charge in [-0.3, -0.25) is 4.57 Å². The van der Waals surface area contributed by atoms with Crippen LogP contribution in [-0.4, -0.2) is 26.7 Å². The Kier molecular flexibility index (Phi) is 6.69.